The third-order valence-corrected chi connectivity index (χ3v) is 3.12. The first-order valence-electron chi connectivity index (χ1n) is 6.05. The zero-order valence-electron chi connectivity index (χ0n) is 11.5. The van der Waals surface area contributed by atoms with Crippen molar-refractivity contribution < 1.29 is 13.9 Å². The lowest BCUT2D eigenvalue weighted by molar-refractivity contribution is 0.0602. The van der Waals surface area contributed by atoms with Crippen LogP contribution in [0.1, 0.15) is 21.5 Å². The zero-order valence-corrected chi connectivity index (χ0v) is 11.5. The molecule has 0 saturated carbocycles. The number of nitrogens with zero attached hydrogens (tertiary/aromatic N) is 1. The van der Waals surface area contributed by atoms with Crippen LogP contribution in [0.4, 0.5) is 10.1 Å². The van der Waals surface area contributed by atoms with E-state index in [9.17, 15) is 9.18 Å². The highest BCUT2D eigenvalue weighted by atomic mass is 19.1. The summed E-state index contributed by atoms with van der Waals surface area (Å²) in [5.41, 5.74) is 9.19. The van der Waals surface area contributed by atoms with Gasteiger partial charge in [0.05, 0.1) is 24.6 Å². The normalized spacial score (nSPS) is 10.4. The van der Waals surface area contributed by atoms with Gasteiger partial charge in [0.1, 0.15) is 5.82 Å². The van der Waals surface area contributed by atoms with Gasteiger partial charge >= 0.3 is 5.97 Å². The van der Waals surface area contributed by atoms with Crippen LogP contribution < -0.4 is 5.73 Å². The summed E-state index contributed by atoms with van der Waals surface area (Å²) in [6.07, 6.45) is 1.18. The lowest BCUT2D eigenvalue weighted by Crippen LogP contribution is -2.07. The van der Waals surface area contributed by atoms with E-state index in [2.05, 4.69) is 9.72 Å². The molecular formula is C15H15FN2O2. The van der Waals surface area contributed by atoms with Crippen LogP contribution in [0.25, 0.3) is 11.3 Å². The average molecular weight is 274 g/mol. The molecule has 1 aromatic heterocycles. The molecule has 4 nitrogen and oxygen atoms in total. The van der Waals surface area contributed by atoms with E-state index in [0.717, 1.165) is 11.1 Å². The third kappa shape index (κ3) is 2.47. The number of carbonyl (C=O) groups excluding carboxylic acids is 1. The first-order chi connectivity index (χ1) is 9.43. The molecule has 0 unspecified atom stereocenters. The van der Waals surface area contributed by atoms with Crippen molar-refractivity contribution in [1.82, 2.24) is 4.98 Å². The first kappa shape index (κ1) is 14.0. The van der Waals surface area contributed by atoms with Gasteiger partial charge in [0.2, 0.25) is 0 Å². The number of nitrogens with two attached hydrogens (primary N) is 1. The summed E-state index contributed by atoms with van der Waals surface area (Å²) in [7, 11) is 1.30. The molecule has 0 aliphatic heterocycles. The lowest BCUT2D eigenvalue weighted by Gasteiger charge is -2.11. The average Bonchev–Trinajstić information content (AvgIpc) is 2.43. The predicted octanol–water partition coefficient (Wildman–Crippen LogP) is 2.87. The summed E-state index contributed by atoms with van der Waals surface area (Å²) >= 11 is 0. The fourth-order valence-electron chi connectivity index (χ4n) is 1.97. The van der Waals surface area contributed by atoms with Crippen molar-refractivity contribution in [2.45, 2.75) is 13.8 Å². The number of aryl methyl sites for hydroxylation is 2. The van der Waals surface area contributed by atoms with Gasteiger partial charge in [0, 0.05) is 11.3 Å². The molecule has 0 amide bonds. The summed E-state index contributed by atoms with van der Waals surface area (Å²) in [5.74, 6) is -0.842. The number of benzene rings is 1. The van der Waals surface area contributed by atoms with Crippen molar-refractivity contribution in [2.75, 3.05) is 12.8 Å². The fraction of sp³-hybridized carbons (Fsp3) is 0.200. The van der Waals surface area contributed by atoms with Gasteiger partial charge < -0.3 is 10.5 Å². The van der Waals surface area contributed by atoms with Crippen molar-refractivity contribution >= 4 is 11.7 Å². The van der Waals surface area contributed by atoms with Crippen LogP contribution >= 0.6 is 0 Å². The van der Waals surface area contributed by atoms with Gasteiger partial charge in [-0.3, -0.25) is 4.98 Å². The van der Waals surface area contributed by atoms with Gasteiger partial charge in [-0.15, -0.1) is 0 Å². The number of esters is 1. The van der Waals surface area contributed by atoms with E-state index in [1.165, 1.54) is 13.3 Å². The topological polar surface area (TPSA) is 65.2 Å². The van der Waals surface area contributed by atoms with Crippen LogP contribution in [0.15, 0.2) is 24.4 Å². The number of pyridine rings is 1. The Bertz CT molecular complexity index is 684. The molecule has 0 fully saturated rings. The molecule has 20 heavy (non-hydrogen) atoms. The molecule has 0 saturated heterocycles. The maximum atomic E-state index is 13.3. The Kier molecular flexibility index (Phi) is 3.70. The van der Waals surface area contributed by atoms with E-state index < -0.39 is 5.97 Å². The molecule has 104 valence electrons. The maximum absolute atomic E-state index is 13.3. The molecular weight excluding hydrogens is 259 g/mol. The van der Waals surface area contributed by atoms with Crippen molar-refractivity contribution in [3.8, 4) is 11.3 Å². The minimum Gasteiger partial charge on any atom is -0.465 e. The summed E-state index contributed by atoms with van der Waals surface area (Å²) < 4.78 is 17.9. The Hall–Kier alpha value is -2.43. The first-order valence-corrected chi connectivity index (χ1v) is 6.05. The molecule has 2 N–H and O–H groups in total. The number of hydrogen-bond donors (Lipinski definition) is 1. The number of anilines is 1. The minimum absolute atomic E-state index is 0.307. The number of methoxy groups -OCH3 is 1. The van der Waals surface area contributed by atoms with Gasteiger partial charge in [-0.1, -0.05) is 0 Å². The summed E-state index contributed by atoms with van der Waals surface area (Å²) in [6, 6.07) is 4.95. The number of nitrogen functional groups attached to an aromatic ring is 1. The van der Waals surface area contributed by atoms with Gasteiger partial charge in [-0.25, -0.2) is 9.18 Å². The van der Waals surface area contributed by atoms with E-state index >= 15 is 0 Å². The predicted molar refractivity (Wildman–Crippen MR) is 74.9 cm³/mol. The van der Waals surface area contributed by atoms with Crippen molar-refractivity contribution in [3.05, 3.63) is 46.9 Å². The summed E-state index contributed by atoms with van der Waals surface area (Å²) in [5, 5.41) is 0. The standard InChI is InChI=1S/C15H15FN2O2/c1-8-4-11(15(19)20-3)13(17)6-10(8)14-5-9(2)12(16)7-18-14/h4-7H,17H2,1-3H3. The molecule has 0 bridgehead atoms. The summed E-state index contributed by atoms with van der Waals surface area (Å²) in [6.45, 7) is 3.50. The van der Waals surface area contributed by atoms with Gasteiger partial charge in [-0.05, 0) is 43.2 Å². The Morgan fingerprint density at radius 1 is 1.25 bits per heavy atom. The van der Waals surface area contributed by atoms with E-state index in [4.69, 9.17) is 5.73 Å². The summed E-state index contributed by atoms with van der Waals surface area (Å²) in [4.78, 5) is 15.6. The molecule has 0 radical (unpaired) electrons. The Balaban J connectivity index is 2.55. The van der Waals surface area contributed by atoms with Gasteiger partial charge in [-0.2, -0.15) is 0 Å². The van der Waals surface area contributed by atoms with Crippen LogP contribution in [-0.2, 0) is 4.74 Å². The van der Waals surface area contributed by atoms with Crippen LogP contribution in [0, 0.1) is 19.7 Å². The van der Waals surface area contributed by atoms with E-state index in [1.807, 2.05) is 6.92 Å². The van der Waals surface area contributed by atoms with Crippen LogP contribution in [0.3, 0.4) is 0 Å². The second-order valence-corrected chi connectivity index (χ2v) is 4.56. The molecule has 0 aliphatic carbocycles. The van der Waals surface area contributed by atoms with E-state index in [0.29, 0.717) is 22.5 Å². The van der Waals surface area contributed by atoms with E-state index in [1.54, 1.807) is 25.1 Å². The largest absolute Gasteiger partial charge is 0.465 e. The maximum Gasteiger partial charge on any atom is 0.339 e. The number of hydrogen-bond acceptors (Lipinski definition) is 4. The van der Waals surface area contributed by atoms with Crippen LogP contribution in [-0.4, -0.2) is 18.1 Å². The van der Waals surface area contributed by atoms with Gasteiger partial charge in [0.15, 0.2) is 0 Å². The smallest absolute Gasteiger partial charge is 0.339 e. The Labute approximate surface area is 116 Å². The minimum atomic E-state index is -0.486. The number of carbonyl (C=O) groups is 1. The molecule has 0 atom stereocenters. The number of rotatable bonds is 2. The highest BCUT2D eigenvalue weighted by Gasteiger charge is 2.14. The fourth-order valence-corrected chi connectivity index (χ4v) is 1.97. The molecule has 0 spiro atoms. The zero-order chi connectivity index (χ0) is 14.9. The van der Waals surface area contributed by atoms with Crippen molar-refractivity contribution in [3.63, 3.8) is 0 Å². The second kappa shape index (κ2) is 5.28. The molecule has 1 heterocycles. The van der Waals surface area contributed by atoms with Crippen molar-refractivity contribution in [1.29, 1.82) is 0 Å². The number of halogens is 1. The van der Waals surface area contributed by atoms with Crippen LogP contribution in [0.2, 0.25) is 0 Å². The Morgan fingerprint density at radius 2 is 1.95 bits per heavy atom. The SMILES string of the molecule is COC(=O)c1cc(C)c(-c2cc(C)c(F)cn2)cc1N. The lowest BCUT2D eigenvalue weighted by atomic mass is 9.99. The second-order valence-electron chi connectivity index (χ2n) is 4.56. The number of ether oxygens (including phenoxy) is 1. The molecule has 1 aromatic carbocycles. The molecule has 0 aliphatic rings. The third-order valence-electron chi connectivity index (χ3n) is 3.12. The molecule has 2 aromatic rings. The highest BCUT2D eigenvalue weighted by Crippen LogP contribution is 2.28. The monoisotopic (exact) mass is 274 g/mol. The van der Waals surface area contributed by atoms with Crippen LogP contribution in [0.5, 0.6) is 0 Å². The molecule has 2 rings (SSSR count). The van der Waals surface area contributed by atoms with E-state index in [-0.39, 0.29) is 5.82 Å². The number of aromatic nitrogens is 1. The van der Waals surface area contributed by atoms with Crippen molar-refractivity contribution in [2.24, 2.45) is 0 Å². The van der Waals surface area contributed by atoms with Gasteiger partial charge in [0.25, 0.3) is 0 Å². The Morgan fingerprint density at radius 3 is 2.55 bits per heavy atom. The molecule has 5 heteroatoms. The quantitative estimate of drug-likeness (QED) is 0.675. The highest BCUT2D eigenvalue weighted by molar-refractivity contribution is 5.96.